The zero-order chi connectivity index (χ0) is 39.4. The van der Waals surface area contributed by atoms with Crippen LogP contribution in [0.15, 0.2) is 65.3 Å². The lowest BCUT2D eigenvalue weighted by molar-refractivity contribution is -0.145. The average Bonchev–Trinajstić information content (AvgIpc) is 3.89. The zero-order valence-electron chi connectivity index (χ0n) is 32.0. The van der Waals surface area contributed by atoms with Crippen molar-refractivity contribution in [3.8, 4) is 5.75 Å². The zero-order valence-corrected chi connectivity index (χ0v) is 32.0. The maximum atomic E-state index is 12.9. The second kappa shape index (κ2) is 19.8. The number of allylic oxidation sites excluding steroid dienone is 2. The Kier molecular flexibility index (Phi) is 15.5. The number of aliphatic carboxylic acids is 1. The normalized spacial score (nSPS) is 29.2. The highest BCUT2D eigenvalue weighted by molar-refractivity contribution is 5.99. The minimum absolute atomic E-state index is 0.0388. The maximum absolute atomic E-state index is 12.9. The van der Waals surface area contributed by atoms with Crippen LogP contribution < -0.4 is 15.5 Å². The number of carboxylic acids is 1. The summed E-state index contributed by atoms with van der Waals surface area (Å²) in [5.74, 6) is -1.07. The number of esters is 1. The molecule has 0 aliphatic carbocycles. The van der Waals surface area contributed by atoms with Gasteiger partial charge in [-0.15, -0.1) is 0 Å². The number of ether oxygens (including phenoxy) is 5. The molecule has 3 heterocycles. The third-order valence-electron chi connectivity index (χ3n) is 9.76. The van der Waals surface area contributed by atoms with Crippen molar-refractivity contribution in [3.05, 3.63) is 65.8 Å². The molecule has 3 fully saturated rings. The summed E-state index contributed by atoms with van der Waals surface area (Å²) < 4.78 is 28.8. The van der Waals surface area contributed by atoms with Gasteiger partial charge in [-0.2, -0.15) is 5.10 Å². The lowest BCUT2D eigenvalue weighted by Crippen LogP contribution is -2.50. The van der Waals surface area contributed by atoms with Crippen LogP contribution in [0.3, 0.4) is 0 Å². The SMILES string of the molecule is CC(=O)O[C@@H](C)/C=C\C(=O)N[C@@H]1C[C@H](C)[C@H](C/C=C(C)/C=C/[C@H]2O[C@H](CC(=O)N/N=C(/C)c3ccc(OCCCC(=O)O)cc3)C[C@@]3(CO3)[C@@H]2O)O[C@@H]1C. The second-order valence-corrected chi connectivity index (χ2v) is 14.5. The summed E-state index contributed by atoms with van der Waals surface area (Å²) in [6.45, 7) is 11.5. The van der Waals surface area contributed by atoms with E-state index in [1.807, 2.05) is 32.1 Å². The first-order valence-electron chi connectivity index (χ1n) is 18.6. The molecule has 54 heavy (non-hydrogen) atoms. The Morgan fingerprint density at radius 2 is 1.81 bits per heavy atom. The van der Waals surface area contributed by atoms with E-state index in [0.717, 1.165) is 17.6 Å². The standard InChI is InChI=1S/C40H55N3O11/c1-24(9-16-34-25(2)20-33(28(5)53-34)41-36(45)18-11-26(3)52-29(6)44)10-17-35-39(49)40(23-51-40)22-32(54-35)21-37(46)43-42-27(4)30-12-14-31(15-13-30)50-19-7-8-38(47)48/h9-15,17-18,25-26,28,32-35,39,49H,7-8,16,19-23H2,1-6H3,(H,41,45)(H,43,46)(H,47,48)/b17-10+,18-11-,24-9+,42-27-/t25-,26-,28+,32+,33+,34-,35+,39+,40+/m0/s1. The van der Waals surface area contributed by atoms with Gasteiger partial charge in [-0.3, -0.25) is 19.2 Å². The summed E-state index contributed by atoms with van der Waals surface area (Å²) in [4.78, 5) is 47.1. The summed E-state index contributed by atoms with van der Waals surface area (Å²) in [5.41, 5.74) is 4.21. The molecule has 0 saturated carbocycles. The summed E-state index contributed by atoms with van der Waals surface area (Å²) in [5, 5.41) is 27.0. The van der Waals surface area contributed by atoms with Crippen molar-refractivity contribution in [2.45, 2.75) is 128 Å². The van der Waals surface area contributed by atoms with E-state index >= 15 is 0 Å². The third-order valence-corrected chi connectivity index (χ3v) is 9.76. The van der Waals surface area contributed by atoms with Crippen LogP contribution in [0.4, 0.5) is 0 Å². The first kappa shape index (κ1) is 42.4. The number of carbonyl (C=O) groups is 4. The molecule has 3 aliphatic heterocycles. The minimum atomic E-state index is -0.875. The van der Waals surface area contributed by atoms with Crippen molar-refractivity contribution in [2.24, 2.45) is 11.0 Å². The number of amides is 2. The molecule has 0 unspecified atom stereocenters. The highest BCUT2D eigenvalue weighted by atomic mass is 16.6. The molecule has 1 spiro atoms. The molecule has 14 nitrogen and oxygen atoms in total. The van der Waals surface area contributed by atoms with E-state index in [0.29, 0.717) is 43.9 Å². The molecular formula is C40H55N3O11. The van der Waals surface area contributed by atoms with Gasteiger partial charge in [-0.05, 0) is 88.8 Å². The predicted octanol–water partition coefficient (Wildman–Crippen LogP) is 4.15. The van der Waals surface area contributed by atoms with Crippen LogP contribution in [-0.4, -0.2) is 101 Å². The number of aliphatic hydroxyl groups is 1. The monoisotopic (exact) mass is 753 g/mol. The van der Waals surface area contributed by atoms with Gasteiger partial charge < -0.3 is 39.2 Å². The molecular weight excluding hydrogens is 698 g/mol. The van der Waals surface area contributed by atoms with Crippen molar-refractivity contribution in [3.63, 3.8) is 0 Å². The second-order valence-electron chi connectivity index (χ2n) is 14.5. The van der Waals surface area contributed by atoms with Crippen LogP contribution in [-0.2, 0) is 38.1 Å². The van der Waals surface area contributed by atoms with Gasteiger partial charge in [-0.1, -0.05) is 30.7 Å². The molecule has 1 aromatic rings. The molecule has 9 atom stereocenters. The highest BCUT2D eigenvalue weighted by Gasteiger charge is 2.58. The largest absolute Gasteiger partial charge is 0.494 e. The van der Waals surface area contributed by atoms with Gasteiger partial charge in [0, 0.05) is 25.8 Å². The first-order chi connectivity index (χ1) is 25.6. The average molecular weight is 754 g/mol. The molecule has 4 rings (SSSR count). The Bertz CT molecular complexity index is 1580. The number of hydrogen-bond acceptors (Lipinski definition) is 11. The van der Waals surface area contributed by atoms with Gasteiger partial charge in [0.05, 0.1) is 49.7 Å². The van der Waals surface area contributed by atoms with E-state index in [2.05, 4.69) is 28.8 Å². The van der Waals surface area contributed by atoms with Crippen LogP contribution in [0.25, 0.3) is 0 Å². The fourth-order valence-electron chi connectivity index (χ4n) is 6.56. The first-order valence-corrected chi connectivity index (χ1v) is 18.6. The number of aliphatic hydroxyl groups excluding tert-OH is 1. The molecule has 0 bridgehead atoms. The number of epoxide rings is 1. The number of carbonyl (C=O) groups excluding carboxylic acids is 3. The number of benzene rings is 1. The maximum Gasteiger partial charge on any atom is 0.303 e. The van der Waals surface area contributed by atoms with E-state index in [9.17, 15) is 24.3 Å². The molecule has 2 amide bonds. The lowest BCUT2D eigenvalue weighted by atomic mass is 9.87. The number of nitrogens with one attached hydrogen (secondary N) is 2. The highest BCUT2D eigenvalue weighted by Crippen LogP contribution is 2.43. The molecule has 4 N–H and O–H groups in total. The summed E-state index contributed by atoms with van der Waals surface area (Å²) >= 11 is 0. The number of carboxylic acid groups (broad SMARTS) is 1. The fraction of sp³-hybridized carbons (Fsp3) is 0.575. The Labute approximate surface area is 317 Å². The number of rotatable bonds is 17. The van der Waals surface area contributed by atoms with Crippen LogP contribution in [0.2, 0.25) is 0 Å². The third kappa shape index (κ3) is 13.2. The molecule has 3 saturated heterocycles. The fourth-order valence-corrected chi connectivity index (χ4v) is 6.56. The number of hydrogen-bond donors (Lipinski definition) is 4. The van der Waals surface area contributed by atoms with Crippen molar-refractivity contribution in [1.29, 1.82) is 0 Å². The van der Waals surface area contributed by atoms with Gasteiger partial charge in [0.15, 0.2) is 0 Å². The van der Waals surface area contributed by atoms with Crippen molar-refractivity contribution < 1.29 is 53.1 Å². The van der Waals surface area contributed by atoms with Crippen LogP contribution >= 0.6 is 0 Å². The van der Waals surface area contributed by atoms with Crippen molar-refractivity contribution in [1.82, 2.24) is 10.7 Å². The van der Waals surface area contributed by atoms with Crippen LogP contribution in [0.1, 0.15) is 85.6 Å². The quantitative estimate of drug-likeness (QED) is 0.0340. The summed E-state index contributed by atoms with van der Waals surface area (Å²) in [6, 6.07) is 6.99. The van der Waals surface area contributed by atoms with E-state index in [1.54, 1.807) is 38.1 Å². The van der Waals surface area contributed by atoms with E-state index < -0.39 is 42.0 Å². The Morgan fingerprint density at radius 3 is 2.48 bits per heavy atom. The Hall–Kier alpha value is -4.37. The molecule has 3 aliphatic rings. The summed E-state index contributed by atoms with van der Waals surface area (Å²) in [6.07, 6.45) is 8.24. The Morgan fingerprint density at radius 1 is 1.09 bits per heavy atom. The van der Waals surface area contributed by atoms with Crippen molar-refractivity contribution >= 4 is 29.5 Å². The number of nitrogens with zero attached hydrogens (tertiary/aromatic N) is 1. The smallest absolute Gasteiger partial charge is 0.303 e. The number of hydrazone groups is 1. The Balaban J connectivity index is 1.24. The van der Waals surface area contributed by atoms with Gasteiger partial charge in [0.1, 0.15) is 29.7 Å². The molecule has 0 radical (unpaired) electrons. The van der Waals surface area contributed by atoms with E-state index in [1.165, 1.54) is 13.0 Å². The van der Waals surface area contributed by atoms with Crippen LogP contribution in [0.5, 0.6) is 5.75 Å². The topological polar surface area (TPSA) is 195 Å². The lowest BCUT2D eigenvalue weighted by Gasteiger charge is -2.39. The minimum Gasteiger partial charge on any atom is -0.494 e. The van der Waals surface area contributed by atoms with Gasteiger partial charge in [0.25, 0.3) is 0 Å². The van der Waals surface area contributed by atoms with Gasteiger partial charge >= 0.3 is 11.9 Å². The van der Waals surface area contributed by atoms with Gasteiger partial charge in [0.2, 0.25) is 11.8 Å². The molecule has 0 aromatic heterocycles. The van der Waals surface area contributed by atoms with E-state index in [-0.39, 0.29) is 48.8 Å². The summed E-state index contributed by atoms with van der Waals surface area (Å²) in [7, 11) is 0. The van der Waals surface area contributed by atoms with Crippen molar-refractivity contribution in [2.75, 3.05) is 13.2 Å². The molecule has 296 valence electrons. The van der Waals surface area contributed by atoms with Gasteiger partial charge in [-0.25, -0.2) is 5.43 Å². The molecule has 1 aromatic carbocycles. The predicted molar refractivity (Wildman–Crippen MR) is 200 cm³/mol. The molecule has 14 heteroatoms. The van der Waals surface area contributed by atoms with E-state index in [4.69, 9.17) is 28.8 Å². The van der Waals surface area contributed by atoms with Crippen LogP contribution in [0, 0.1) is 5.92 Å².